The molecule has 0 aromatic heterocycles. The van der Waals surface area contributed by atoms with Crippen LogP contribution in [0.5, 0.6) is 0 Å². The van der Waals surface area contributed by atoms with Gasteiger partial charge in [-0.2, -0.15) is 4.31 Å². The number of hydrogen-bond donors (Lipinski definition) is 1. The number of nitrogens with zero attached hydrogens (tertiary/aromatic N) is 1. The van der Waals surface area contributed by atoms with Crippen LogP contribution in [0.15, 0.2) is 33.6 Å². The zero-order chi connectivity index (χ0) is 15.5. The molecular formula is C14H18BrNO4S. The van der Waals surface area contributed by atoms with Crippen LogP contribution < -0.4 is 0 Å². The van der Waals surface area contributed by atoms with Gasteiger partial charge in [-0.3, -0.25) is 4.79 Å². The number of carboxylic acid groups (broad SMARTS) is 1. The first-order valence-electron chi connectivity index (χ1n) is 6.87. The molecule has 1 aromatic rings. The average molecular weight is 376 g/mol. The van der Waals surface area contributed by atoms with Crippen LogP contribution in [-0.4, -0.2) is 36.9 Å². The van der Waals surface area contributed by atoms with E-state index in [0.717, 1.165) is 17.3 Å². The lowest BCUT2D eigenvalue weighted by Gasteiger charge is -2.31. The maximum atomic E-state index is 12.5. The quantitative estimate of drug-likeness (QED) is 0.858. The Morgan fingerprint density at radius 2 is 2.00 bits per heavy atom. The molecule has 0 bridgehead atoms. The van der Waals surface area contributed by atoms with Crippen molar-refractivity contribution in [2.24, 2.45) is 5.92 Å². The summed E-state index contributed by atoms with van der Waals surface area (Å²) in [5.74, 6) is -0.491. The first-order chi connectivity index (χ1) is 9.89. The van der Waals surface area contributed by atoms with Gasteiger partial charge in [0.25, 0.3) is 0 Å². The summed E-state index contributed by atoms with van der Waals surface area (Å²) in [7, 11) is -3.45. The fraction of sp³-hybridized carbons (Fsp3) is 0.500. The molecule has 1 aliphatic rings. The van der Waals surface area contributed by atoms with Gasteiger partial charge in [-0.25, -0.2) is 8.42 Å². The molecule has 0 aliphatic carbocycles. The Hall–Kier alpha value is -0.920. The van der Waals surface area contributed by atoms with Crippen molar-refractivity contribution in [1.29, 1.82) is 0 Å². The minimum absolute atomic E-state index is 0.156. The molecule has 2 rings (SSSR count). The first kappa shape index (κ1) is 16.5. The van der Waals surface area contributed by atoms with Crippen LogP contribution in [0.2, 0.25) is 0 Å². The Bertz CT molecular complexity index is 609. The molecule has 1 N–H and O–H groups in total. The molecule has 116 valence electrons. The molecule has 21 heavy (non-hydrogen) atoms. The van der Waals surface area contributed by atoms with Crippen LogP contribution in [0.1, 0.15) is 25.7 Å². The summed E-state index contributed by atoms with van der Waals surface area (Å²) in [6.45, 7) is 0.915. The number of benzene rings is 1. The monoisotopic (exact) mass is 375 g/mol. The normalized spacial score (nSPS) is 17.8. The molecule has 0 unspecified atom stereocenters. The van der Waals surface area contributed by atoms with Crippen LogP contribution >= 0.6 is 15.9 Å². The largest absolute Gasteiger partial charge is 0.481 e. The van der Waals surface area contributed by atoms with Gasteiger partial charge in [-0.05, 0) is 43.4 Å². The van der Waals surface area contributed by atoms with E-state index >= 15 is 0 Å². The Balaban J connectivity index is 1.99. The molecule has 0 spiro atoms. The number of carboxylic acids is 1. The van der Waals surface area contributed by atoms with E-state index < -0.39 is 16.0 Å². The number of piperidine rings is 1. The lowest BCUT2D eigenvalue weighted by Crippen LogP contribution is -2.38. The van der Waals surface area contributed by atoms with Gasteiger partial charge in [0.2, 0.25) is 10.0 Å². The van der Waals surface area contributed by atoms with Gasteiger partial charge in [0.1, 0.15) is 0 Å². The predicted octanol–water partition coefficient (Wildman–Crippen LogP) is 2.71. The standard InChI is InChI=1S/C14H18BrNO4S/c15-12-2-1-3-13(10-12)21(19,20)16-8-6-11(7-9-16)4-5-14(17)18/h1-3,10-11H,4-9H2,(H,17,18). The van der Waals surface area contributed by atoms with E-state index in [1.54, 1.807) is 24.3 Å². The van der Waals surface area contributed by atoms with Gasteiger partial charge in [0.05, 0.1) is 4.90 Å². The van der Waals surface area contributed by atoms with Gasteiger partial charge >= 0.3 is 5.97 Å². The number of sulfonamides is 1. The molecule has 1 aromatic carbocycles. The number of rotatable bonds is 5. The third-order valence-corrected chi connectivity index (χ3v) is 6.16. The predicted molar refractivity (Wildman–Crippen MR) is 82.5 cm³/mol. The fourth-order valence-electron chi connectivity index (χ4n) is 2.54. The molecule has 7 heteroatoms. The van der Waals surface area contributed by atoms with E-state index in [0.29, 0.717) is 30.3 Å². The highest BCUT2D eigenvalue weighted by Crippen LogP contribution is 2.27. The third-order valence-electron chi connectivity index (χ3n) is 3.77. The van der Waals surface area contributed by atoms with E-state index in [2.05, 4.69) is 15.9 Å². The van der Waals surface area contributed by atoms with Crippen LogP contribution in [-0.2, 0) is 14.8 Å². The summed E-state index contributed by atoms with van der Waals surface area (Å²) in [5, 5.41) is 8.69. The van der Waals surface area contributed by atoms with Crippen molar-refractivity contribution < 1.29 is 18.3 Å². The minimum atomic E-state index is -3.45. The van der Waals surface area contributed by atoms with Crippen molar-refractivity contribution in [3.63, 3.8) is 0 Å². The van der Waals surface area contributed by atoms with Gasteiger partial charge in [0, 0.05) is 24.0 Å². The second-order valence-corrected chi connectivity index (χ2v) is 8.09. The SMILES string of the molecule is O=C(O)CCC1CCN(S(=O)(=O)c2cccc(Br)c2)CC1. The maximum Gasteiger partial charge on any atom is 0.303 e. The van der Waals surface area contributed by atoms with E-state index in [9.17, 15) is 13.2 Å². The molecular weight excluding hydrogens is 358 g/mol. The van der Waals surface area contributed by atoms with Crippen molar-refractivity contribution in [2.75, 3.05) is 13.1 Å². The summed E-state index contributed by atoms with van der Waals surface area (Å²) in [6, 6.07) is 6.69. The average Bonchev–Trinajstić information content (AvgIpc) is 2.45. The van der Waals surface area contributed by atoms with Gasteiger partial charge in [0.15, 0.2) is 0 Å². The Morgan fingerprint density at radius 1 is 1.33 bits per heavy atom. The van der Waals surface area contributed by atoms with Crippen molar-refractivity contribution in [1.82, 2.24) is 4.31 Å². The summed E-state index contributed by atoms with van der Waals surface area (Å²) >= 11 is 3.28. The molecule has 1 heterocycles. The number of aliphatic carboxylic acids is 1. The van der Waals surface area contributed by atoms with Gasteiger partial charge in [-0.15, -0.1) is 0 Å². The van der Waals surface area contributed by atoms with Crippen molar-refractivity contribution in [3.8, 4) is 0 Å². The van der Waals surface area contributed by atoms with Gasteiger partial charge in [-0.1, -0.05) is 22.0 Å². The van der Waals surface area contributed by atoms with Crippen molar-refractivity contribution in [3.05, 3.63) is 28.7 Å². The second-order valence-electron chi connectivity index (χ2n) is 5.24. The highest BCUT2D eigenvalue weighted by atomic mass is 79.9. The molecule has 5 nitrogen and oxygen atoms in total. The molecule has 1 saturated heterocycles. The molecule has 1 fully saturated rings. The molecule has 1 aliphatic heterocycles. The highest BCUT2D eigenvalue weighted by molar-refractivity contribution is 9.10. The van der Waals surface area contributed by atoms with E-state index in [-0.39, 0.29) is 6.42 Å². The van der Waals surface area contributed by atoms with E-state index in [1.165, 1.54) is 4.31 Å². The Labute approximate surface area is 133 Å². The number of halogens is 1. The fourth-order valence-corrected chi connectivity index (χ4v) is 4.61. The summed E-state index contributed by atoms with van der Waals surface area (Å²) in [5.41, 5.74) is 0. The highest BCUT2D eigenvalue weighted by Gasteiger charge is 2.29. The maximum absolute atomic E-state index is 12.5. The zero-order valence-corrected chi connectivity index (χ0v) is 13.9. The molecule has 0 amide bonds. The van der Waals surface area contributed by atoms with Gasteiger partial charge < -0.3 is 5.11 Å². The summed E-state index contributed by atoms with van der Waals surface area (Å²) < 4.78 is 27.3. The second kappa shape index (κ2) is 6.89. The van der Waals surface area contributed by atoms with Crippen LogP contribution in [0.3, 0.4) is 0 Å². The molecule has 0 atom stereocenters. The smallest absolute Gasteiger partial charge is 0.303 e. The lowest BCUT2D eigenvalue weighted by atomic mass is 9.93. The van der Waals surface area contributed by atoms with E-state index in [4.69, 9.17) is 5.11 Å². The van der Waals surface area contributed by atoms with Crippen molar-refractivity contribution >= 4 is 31.9 Å². The third kappa shape index (κ3) is 4.28. The van der Waals surface area contributed by atoms with Crippen molar-refractivity contribution in [2.45, 2.75) is 30.6 Å². The van der Waals surface area contributed by atoms with E-state index in [1.807, 2.05) is 0 Å². The zero-order valence-electron chi connectivity index (χ0n) is 11.5. The minimum Gasteiger partial charge on any atom is -0.481 e. The van der Waals surface area contributed by atoms with Crippen LogP contribution in [0, 0.1) is 5.92 Å². The Kier molecular flexibility index (Phi) is 5.40. The molecule has 0 saturated carbocycles. The van der Waals surface area contributed by atoms with Crippen LogP contribution in [0.4, 0.5) is 0 Å². The number of hydrogen-bond acceptors (Lipinski definition) is 3. The first-order valence-corrected chi connectivity index (χ1v) is 9.10. The number of carbonyl (C=O) groups is 1. The van der Waals surface area contributed by atoms with Crippen LogP contribution in [0.25, 0.3) is 0 Å². The summed E-state index contributed by atoms with van der Waals surface area (Å²) in [4.78, 5) is 10.9. The summed E-state index contributed by atoms with van der Waals surface area (Å²) in [6.07, 6.45) is 2.23. The molecule has 0 radical (unpaired) electrons. The topological polar surface area (TPSA) is 74.7 Å². The lowest BCUT2D eigenvalue weighted by molar-refractivity contribution is -0.137. The Morgan fingerprint density at radius 3 is 2.57 bits per heavy atom.